The fraction of sp³-hybridized carbons (Fsp3) is 0.0909. The number of pyridine rings is 1. The summed E-state index contributed by atoms with van der Waals surface area (Å²) in [7, 11) is 0. The molecule has 1 aliphatic rings. The second kappa shape index (κ2) is 3.46. The first-order valence-corrected chi connectivity index (χ1v) is 4.32. The Morgan fingerprint density at radius 1 is 1.50 bits per heavy atom. The largest absolute Gasteiger partial charge is 0.478 e. The average molecular weight is 187 g/mol. The maximum atomic E-state index is 10.8. The second-order valence-corrected chi connectivity index (χ2v) is 3.07. The summed E-state index contributed by atoms with van der Waals surface area (Å²) >= 11 is 0. The van der Waals surface area contributed by atoms with Crippen LogP contribution in [0.3, 0.4) is 0 Å². The molecule has 0 fully saturated rings. The first-order chi connectivity index (χ1) is 6.77. The molecule has 0 saturated carbocycles. The van der Waals surface area contributed by atoms with Crippen molar-refractivity contribution in [1.82, 2.24) is 4.98 Å². The van der Waals surface area contributed by atoms with Crippen molar-refractivity contribution in [2.75, 3.05) is 0 Å². The average Bonchev–Trinajstić information content (AvgIpc) is 2.39. The van der Waals surface area contributed by atoms with E-state index in [4.69, 9.17) is 5.11 Å². The van der Waals surface area contributed by atoms with Gasteiger partial charge < -0.3 is 5.11 Å². The van der Waals surface area contributed by atoms with Crippen LogP contribution < -0.4 is 0 Å². The first-order valence-electron chi connectivity index (χ1n) is 4.32. The number of carbonyl (C=O) groups is 1. The number of hydrogen-bond donors (Lipinski definition) is 1. The molecule has 1 heterocycles. The van der Waals surface area contributed by atoms with E-state index in [1.165, 1.54) is 0 Å². The topological polar surface area (TPSA) is 50.2 Å². The monoisotopic (exact) mass is 187 g/mol. The number of fused-ring (bicyclic) bond motifs is 1. The Balaban J connectivity index is 2.42. The number of hydrogen-bond acceptors (Lipinski definition) is 2. The molecule has 0 atom stereocenters. The lowest BCUT2D eigenvalue weighted by Gasteiger charge is -2.02. The van der Waals surface area contributed by atoms with Gasteiger partial charge in [0.15, 0.2) is 0 Å². The Hall–Kier alpha value is -1.90. The molecule has 14 heavy (non-hydrogen) atoms. The maximum absolute atomic E-state index is 10.8. The molecular weight excluding hydrogens is 178 g/mol. The van der Waals surface area contributed by atoms with E-state index in [0.717, 1.165) is 11.3 Å². The Bertz CT molecular complexity index is 433. The number of carboxylic acid groups (broad SMARTS) is 1. The van der Waals surface area contributed by atoms with Gasteiger partial charge in [0.25, 0.3) is 0 Å². The van der Waals surface area contributed by atoms with Crippen LogP contribution in [-0.2, 0) is 11.2 Å². The van der Waals surface area contributed by atoms with Gasteiger partial charge in [-0.05, 0) is 11.6 Å². The summed E-state index contributed by atoms with van der Waals surface area (Å²) in [5, 5.41) is 8.86. The van der Waals surface area contributed by atoms with Crippen LogP contribution in [0.4, 0.5) is 0 Å². The Kier molecular flexibility index (Phi) is 2.14. The van der Waals surface area contributed by atoms with Crippen LogP contribution in [0.1, 0.15) is 11.3 Å². The minimum absolute atomic E-state index is 0.374. The molecule has 1 N–H and O–H groups in total. The van der Waals surface area contributed by atoms with E-state index in [9.17, 15) is 4.79 Å². The van der Waals surface area contributed by atoms with Crippen LogP contribution >= 0.6 is 0 Å². The van der Waals surface area contributed by atoms with E-state index < -0.39 is 5.97 Å². The molecule has 1 aliphatic carbocycles. The Morgan fingerprint density at radius 3 is 3.14 bits per heavy atom. The summed E-state index contributed by atoms with van der Waals surface area (Å²) in [6.45, 7) is 0. The number of rotatable bonds is 1. The van der Waals surface area contributed by atoms with Gasteiger partial charge in [-0.1, -0.05) is 24.3 Å². The molecule has 1 aromatic heterocycles. The molecule has 2 rings (SSSR count). The van der Waals surface area contributed by atoms with Crippen LogP contribution in [0.2, 0.25) is 0 Å². The van der Waals surface area contributed by atoms with E-state index in [2.05, 4.69) is 4.98 Å². The third-order valence-electron chi connectivity index (χ3n) is 2.13. The number of allylic oxidation sites excluding steroid dienone is 2. The zero-order valence-corrected chi connectivity index (χ0v) is 7.47. The zero-order valence-electron chi connectivity index (χ0n) is 7.47. The minimum atomic E-state index is -0.881. The van der Waals surface area contributed by atoms with Gasteiger partial charge in [0.2, 0.25) is 0 Å². The van der Waals surface area contributed by atoms with Gasteiger partial charge in [-0.25, -0.2) is 4.79 Å². The predicted molar refractivity (Wildman–Crippen MR) is 52.7 cm³/mol. The second-order valence-electron chi connectivity index (χ2n) is 3.07. The maximum Gasteiger partial charge on any atom is 0.331 e. The quantitative estimate of drug-likeness (QED) is 0.727. The predicted octanol–water partition coefficient (Wildman–Crippen LogP) is 1.66. The van der Waals surface area contributed by atoms with Crippen LogP contribution in [0, 0.1) is 0 Å². The fourth-order valence-corrected chi connectivity index (χ4v) is 1.40. The number of aromatic nitrogens is 1. The molecule has 0 aromatic carbocycles. The highest BCUT2D eigenvalue weighted by Crippen LogP contribution is 2.16. The summed E-state index contributed by atoms with van der Waals surface area (Å²) in [6, 6.07) is 3.77. The van der Waals surface area contributed by atoms with Crippen LogP contribution in [0.25, 0.3) is 6.08 Å². The third-order valence-corrected chi connectivity index (χ3v) is 2.13. The van der Waals surface area contributed by atoms with E-state index >= 15 is 0 Å². The zero-order chi connectivity index (χ0) is 9.97. The highest BCUT2D eigenvalue weighted by Gasteiger charge is 2.12. The number of carboxylic acids is 1. The highest BCUT2D eigenvalue weighted by atomic mass is 16.4. The van der Waals surface area contributed by atoms with Gasteiger partial charge in [0, 0.05) is 18.2 Å². The molecular formula is C11H9NO2. The lowest BCUT2D eigenvalue weighted by atomic mass is 10.1. The Labute approximate surface area is 81.4 Å². The van der Waals surface area contributed by atoms with Gasteiger partial charge in [0.1, 0.15) is 0 Å². The lowest BCUT2D eigenvalue weighted by molar-refractivity contribution is -0.132. The van der Waals surface area contributed by atoms with Crippen LogP contribution in [0.15, 0.2) is 36.1 Å². The minimum Gasteiger partial charge on any atom is -0.478 e. The molecule has 0 amide bonds. The number of aliphatic carboxylic acids is 1. The van der Waals surface area contributed by atoms with Gasteiger partial charge in [-0.3, -0.25) is 4.98 Å². The molecule has 0 unspecified atom stereocenters. The lowest BCUT2D eigenvalue weighted by Crippen LogP contribution is -2.04. The van der Waals surface area contributed by atoms with Crippen LogP contribution in [0.5, 0.6) is 0 Å². The summed E-state index contributed by atoms with van der Waals surface area (Å²) in [6.07, 6.45) is 7.30. The van der Waals surface area contributed by atoms with Gasteiger partial charge in [0.05, 0.1) is 5.69 Å². The van der Waals surface area contributed by atoms with E-state index in [0.29, 0.717) is 12.0 Å². The van der Waals surface area contributed by atoms with Crippen molar-refractivity contribution in [3.63, 3.8) is 0 Å². The molecule has 0 aliphatic heterocycles. The van der Waals surface area contributed by atoms with Gasteiger partial charge >= 0.3 is 5.97 Å². The molecule has 1 aromatic rings. The van der Waals surface area contributed by atoms with Crippen molar-refractivity contribution in [2.24, 2.45) is 0 Å². The molecule has 0 radical (unpaired) electrons. The summed E-state index contributed by atoms with van der Waals surface area (Å²) in [4.78, 5) is 14.9. The van der Waals surface area contributed by atoms with Crippen molar-refractivity contribution in [3.05, 3.63) is 47.3 Å². The van der Waals surface area contributed by atoms with Crippen molar-refractivity contribution in [1.29, 1.82) is 0 Å². The Morgan fingerprint density at radius 2 is 2.36 bits per heavy atom. The van der Waals surface area contributed by atoms with E-state index in [1.54, 1.807) is 18.3 Å². The van der Waals surface area contributed by atoms with E-state index in [-0.39, 0.29) is 0 Å². The SMILES string of the molecule is O=C(O)C1=CC=Cc2cccnc2C1. The number of nitrogens with zero attached hydrogens (tertiary/aromatic N) is 1. The van der Waals surface area contributed by atoms with Crippen molar-refractivity contribution in [3.8, 4) is 0 Å². The smallest absolute Gasteiger partial charge is 0.331 e. The van der Waals surface area contributed by atoms with Gasteiger partial charge in [-0.2, -0.15) is 0 Å². The van der Waals surface area contributed by atoms with Crippen molar-refractivity contribution in [2.45, 2.75) is 6.42 Å². The standard InChI is InChI=1S/C11H9NO2/c13-11(14)9-4-1-3-8-5-2-6-12-10(8)7-9/h1-6H,7H2,(H,13,14). The van der Waals surface area contributed by atoms with Crippen molar-refractivity contribution < 1.29 is 9.90 Å². The summed E-state index contributed by atoms with van der Waals surface area (Å²) in [5.74, 6) is -0.881. The normalized spacial score (nSPS) is 14.1. The highest BCUT2D eigenvalue weighted by molar-refractivity contribution is 5.88. The molecule has 0 saturated heterocycles. The fourth-order valence-electron chi connectivity index (χ4n) is 1.40. The molecule has 70 valence electrons. The molecule has 3 nitrogen and oxygen atoms in total. The van der Waals surface area contributed by atoms with Crippen molar-refractivity contribution >= 4 is 12.0 Å². The third kappa shape index (κ3) is 1.57. The first kappa shape index (κ1) is 8.69. The summed E-state index contributed by atoms with van der Waals surface area (Å²) < 4.78 is 0. The van der Waals surface area contributed by atoms with Crippen LogP contribution in [-0.4, -0.2) is 16.1 Å². The molecule has 3 heteroatoms. The summed E-state index contributed by atoms with van der Waals surface area (Å²) in [5.41, 5.74) is 2.17. The van der Waals surface area contributed by atoms with Gasteiger partial charge in [-0.15, -0.1) is 0 Å². The van der Waals surface area contributed by atoms with E-state index in [1.807, 2.05) is 18.2 Å². The molecule has 0 bridgehead atoms. The molecule has 0 spiro atoms.